The molecule has 152 valence electrons. The second-order valence-corrected chi connectivity index (χ2v) is 6.32. The Labute approximate surface area is 169 Å². The van der Waals surface area contributed by atoms with Gasteiger partial charge in [-0.25, -0.2) is 0 Å². The van der Waals surface area contributed by atoms with Crippen LogP contribution >= 0.6 is 0 Å². The first-order valence-electron chi connectivity index (χ1n) is 8.95. The molecule has 0 saturated carbocycles. The summed E-state index contributed by atoms with van der Waals surface area (Å²) in [5, 5.41) is 0. The van der Waals surface area contributed by atoms with E-state index in [1.165, 1.54) is 20.2 Å². The van der Waals surface area contributed by atoms with Crippen LogP contribution in [0.3, 0.4) is 0 Å². The van der Waals surface area contributed by atoms with Crippen LogP contribution in [0.25, 0.3) is 5.76 Å². The summed E-state index contributed by atoms with van der Waals surface area (Å²) < 4.78 is 38.7. The zero-order valence-corrected chi connectivity index (χ0v) is 16.9. The van der Waals surface area contributed by atoms with Gasteiger partial charge in [0.2, 0.25) is 5.90 Å². The quantitative estimate of drug-likeness (QED) is 0.318. The van der Waals surface area contributed by atoms with Crippen molar-refractivity contribution in [2.45, 2.75) is 19.8 Å². The lowest BCUT2D eigenvalue weighted by Gasteiger charge is -2.14. The van der Waals surface area contributed by atoms with Crippen molar-refractivity contribution in [2.75, 3.05) is 14.1 Å². The summed E-state index contributed by atoms with van der Waals surface area (Å²) in [7, 11) is 2.83. The van der Waals surface area contributed by atoms with E-state index in [0.29, 0.717) is 28.4 Å². The van der Waals surface area contributed by atoms with E-state index in [9.17, 15) is 8.78 Å². The van der Waals surface area contributed by atoms with E-state index < -0.39 is 5.92 Å². The Morgan fingerprint density at radius 2 is 1.66 bits per heavy atom. The number of para-hydroxylation sites is 1. The average Bonchev–Trinajstić information content (AvgIpc) is 2.69. The summed E-state index contributed by atoms with van der Waals surface area (Å²) in [4.78, 5) is 7.69. The molecule has 2 aromatic carbocycles. The van der Waals surface area contributed by atoms with Gasteiger partial charge in [0.05, 0.1) is 0 Å². The normalized spacial score (nSPS) is 13.2. The third-order valence-electron chi connectivity index (χ3n) is 3.94. The maximum absolute atomic E-state index is 13.6. The number of alkyl halides is 2. The number of ether oxygens (including phenoxy) is 2. The van der Waals surface area contributed by atoms with Crippen molar-refractivity contribution in [3.8, 4) is 11.5 Å². The summed E-state index contributed by atoms with van der Waals surface area (Å²) in [6.07, 6.45) is 1.25. The van der Waals surface area contributed by atoms with Gasteiger partial charge < -0.3 is 9.47 Å². The van der Waals surface area contributed by atoms with Gasteiger partial charge in [-0.1, -0.05) is 36.9 Å². The smallest absolute Gasteiger partial charge is 0.286 e. The van der Waals surface area contributed by atoms with Crippen LogP contribution < -0.4 is 4.74 Å². The van der Waals surface area contributed by atoms with Gasteiger partial charge in [0.15, 0.2) is 0 Å². The Morgan fingerprint density at radius 3 is 2.24 bits per heavy atom. The summed E-state index contributed by atoms with van der Waals surface area (Å²) >= 11 is 0. The third-order valence-corrected chi connectivity index (χ3v) is 3.94. The van der Waals surface area contributed by atoms with Crippen LogP contribution in [-0.4, -0.2) is 31.6 Å². The maximum atomic E-state index is 13.6. The van der Waals surface area contributed by atoms with Crippen molar-refractivity contribution in [1.82, 2.24) is 0 Å². The first-order valence-corrected chi connectivity index (χ1v) is 8.95. The lowest BCUT2D eigenvalue weighted by Crippen LogP contribution is -2.23. The molecule has 0 unspecified atom stereocenters. The van der Waals surface area contributed by atoms with Gasteiger partial charge in [0.1, 0.15) is 23.0 Å². The van der Waals surface area contributed by atoms with E-state index in [-0.39, 0.29) is 11.6 Å². The van der Waals surface area contributed by atoms with Crippen molar-refractivity contribution in [3.05, 3.63) is 78.4 Å². The Kier molecular flexibility index (Phi) is 7.42. The number of hydrogen-bond donors (Lipinski definition) is 0. The van der Waals surface area contributed by atoms with Crippen LogP contribution in [0.15, 0.2) is 82.8 Å². The highest BCUT2D eigenvalue weighted by molar-refractivity contribution is 6.07. The van der Waals surface area contributed by atoms with E-state index in [1.807, 2.05) is 48.5 Å². The molecule has 2 rings (SSSR count). The molecule has 0 spiro atoms. The standard InChI is InChI=1S/C23H24F2N2O2/c1-16(14-21(26-4)23(3,24)25)22(27-5)28-17(2)18-10-9-13-20(15-18)29-19-11-7-6-8-12-19/h6-15H,2H2,1,3-5H3/b16-14+,26-21?,27-22?. The zero-order chi connectivity index (χ0) is 21.4. The SMILES string of the molecule is C=C(OC(=NC)/C(C)=C/C(=NC)C(C)(F)F)c1cccc(Oc2ccccc2)c1. The molecular formula is C23H24F2N2O2. The predicted molar refractivity (Wildman–Crippen MR) is 114 cm³/mol. The second-order valence-electron chi connectivity index (χ2n) is 6.32. The van der Waals surface area contributed by atoms with Gasteiger partial charge in [-0.3, -0.25) is 9.98 Å². The molecule has 0 saturated heterocycles. The highest BCUT2D eigenvalue weighted by Crippen LogP contribution is 2.26. The average molecular weight is 398 g/mol. The molecule has 0 fully saturated rings. The Bertz CT molecular complexity index is 943. The highest BCUT2D eigenvalue weighted by atomic mass is 19.3. The minimum absolute atomic E-state index is 0.176. The molecule has 0 aliphatic heterocycles. The first-order chi connectivity index (χ1) is 13.7. The zero-order valence-electron chi connectivity index (χ0n) is 16.9. The number of rotatable bonds is 7. The molecule has 0 atom stereocenters. The number of benzene rings is 2. The number of halogens is 2. The largest absolute Gasteiger partial charge is 0.457 e. The lowest BCUT2D eigenvalue weighted by atomic mass is 10.1. The fourth-order valence-corrected chi connectivity index (χ4v) is 2.49. The van der Waals surface area contributed by atoms with Crippen LogP contribution in [0, 0.1) is 0 Å². The van der Waals surface area contributed by atoms with Gasteiger partial charge in [-0.2, -0.15) is 8.78 Å². The van der Waals surface area contributed by atoms with E-state index in [2.05, 4.69) is 16.6 Å². The molecule has 0 heterocycles. The molecule has 4 nitrogen and oxygen atoms in total. The molecule has 0 amide bonds. The van der Waals surface area contributed by atoms with E-state index in [0.717, 1.165) is 6.92 Å². The molecule has 2 aromatic rings. The summed E-state index contributed by atoms with van der Waals surface area (Å²) in [6.45, 7) is 6.35. The Balaban J connectivity index is 2.17. The summed E-state index contributed by atoms with van der Waals surface area (Å²) in [6, 6.07) is 16.6. The number of nitrogens with zero attached hydrogens (tertiary/aromatic N) is 2. The van der Waals surface area contributed by atoms with Crippen LogP contribution in [-0.2, 0) is 4.74 Å². The van der Waals surface area contributed by atoms with Gasteiger partial charge in [0, 0.05) is 32.2 Å². The molecule has 0 N–H and O–H groups in total. The molecule has 0 aliphatic rings. The van der Waals surface area contributed by atoms with Crippen LogP contribution in [0.2, 0.25) is 0 Å². The fourth-order valence-electron chi connectivity index (χ4n) is 2.49. The van der Waals surface area contributed by atoms with Crippen molar-refractivity contribution in [1.29, 1.82) is 0 Å². The molecule has 6 heteroatoms. The molecule has 0 aromatic heterocycles. The number of allylic oxidation sites excluding steroid dienone is 1. The molecule has 29 heavy (non-hydrogen) atoms. The Hall–Kier alpha value is -3.28. The number of hydrogen-bond acceptors (Lipinski definition) is 4. The molecular weight excluding hydrogens is 374 g/mol. The number of aliphatic imine (C=N–C) groups is 2. The molecule has 0 bridgehead atoms. The van der Waals surface area contributed by atoms with Crippen LogP contribution in [0.1, 0.15) is 19.4 Å². The minimum atomic E-state index is -3.06. The molecule has 0 radical (unpaired) electrons. The monoisotopic (exact) mass is 398 g/mol. The Morgan fingerprint density at radius 1 is 1.00 bits per heavy atom. The topological polar surface area (TPSA) is 43.2 Å². The highest BCUT2D eigenvalue weighted by Gasteiger charge is 2.27. The van der Waals surface area contributed by atoms with Crippen LogP contribution in [0.5, 0.6) is 11.5 Å². The summed E-state index contributed by atoms with van der Waals surface area (Å²) in [5.41, 5.74) is 0.730. The van der Waals surface area contributed by atoms with Gasteiger partial charge in [-0.05, 0) is 37.3 Å². The minimum Gasteiger partial charge on any atom is -0.457 e. The fraction of sp³-hybridized carbons (Fsp3) is 0.217. The van der Waals surface area contributed by atoms with Gasteiger partial charge in [0.25, 0.3) is 5.92 Å². The van der Waals surface area contributed by atoms with Gasteiger partial charge >= 0.3 is 0 Å². The third kappa shape index (κ3) is 6.38. The predicted octanol–water partition coefficient (Wildman–Crippen LogP) is 6.17. The van der Waals surface area contributed by atoms with Gasteiger partial charge in [-0.15, -0.1) is 0 Å². The molecule has 0 aliphatic carbocycles. The van der Waals surface area contributed by atoms with Crippen molar-refractivity contribution in [2.24, 2.45) is 9.98 Å². The van der Waals surface area contributed by atoms with E-state index >= 15 is 0 Å². The van der Waals surface area contributed by atoms with Crippen molar-refractivity contribution < 1.29 is 18.3 Å². The van der Waals surface area contributed by atoms with E-state index in [1.54, 1.807) is 13.0 Å². The summed E-state index contributed by atoms with van der Waals surface area (Å²) in [5.74, 6) is -1.25. The maximum Gasteiger partial charge on any atom is 0.286 e. The van der Waals surface area contributed by atoms with Crippen molar-refractivity contribution in [3.63, 3.8) is 0 Å². The van der Waals surface area contributed by atoms with Crippen LogP contribution in [0.4, 0.5) is 8.78 Å². The first kappa shape index (κ1) is 22.0. The lowest BCUT2D eigenvalue weighted by molar-refractivity contribution is 0.101. The second kappa shape index (κ2) is 9.78. The van der Waals surface area contributed by atoms with Crippen molar-refractivity contribution >= 4 is 17.4 Å². The van der Waals surface area contributed by atoms with E-state index in [4.69, 9.17) is 9.47 Å².